The summed E-state index contributed by atoms with van der Waals surface area (Å²) in [7, 11) is 0. The van der Waals surface area contributed by atoms with Gasteiger partial charge in [0.2, 0.25) is 5.91 Å². The van der Waals surface area contributed by atoms with Crippen molar-refractivity contribution in [3.8, 4) is 0 Å². The monoisotopic (exact) mass is 265 g/mol. The van der Waals surface area contributed by atoms with Crippen LogP contribution in [0.2, 0.25) is 0 Å². The molecule has 1 fully saturated rings. The molecule has 5 heteroatoms. The summed E-state index contributed by atoms with van der Waals surface area (Å²) in [6, 6.07) is 1.94. The molecule has 3 atom stereocenters. The van der Waals surface area contributed by atoms with Gasteiger partial charge in [0.15, 0.2) is 0 Å². The molecule has 1 saturated carbocycles. The number of hydrogen-bond acceptors (Lipinski definition) is 4. The minimum atomic E-state index is -0.0778. The summed E-state index contributed by atoms with van der Waals surface area (Å²) in [4.78, 5) is 12.4. The van der Waals surface area contributed by atoms with Gasteiger partial charge in [0.1, 0.15) is 12.0 Å². The van der Waals surface area contributed by atoms with Gasteiger partial charge in [-0.05, 0) is 24.2 Å². The lowest BCUT2D eigenvalue weighted by Gasteiger charge is -2.46. The summed E-state index contributed by atoms with van der Waals surface area (Å²) in [5.41, 5.74) is 6.78. The minimum Gasteiger partial charge on any atom is -0.364 e. The van der Waals surface area contributed by atoms with Crippen LogP contribution < -0.4 is 11.1 Å². The number of amides is 1. The predicted molar refractivity (Wildman–Crippen MR) is 72.0 cm³/mol. The summed E-state index contributed by atoms with van der Waals surface area (Å²) >= 11 is 0. The fourth-order valence-electron chi connectivity index (χ4n) is 2.95. The van der Waals surface area contributed by atoms with Crippen LogP contribution in [0, 0.1) is 17.3 Å². The number of carbonyl (C=O) groups is 1. The van der Waals surface area contributed by atoms with Crippen molar-refractivity contribution >= 4 is 5.91 Å². The first kappa shape index (κ1) is 14.1. The van der Waals surface area contributed by atoms with Gasteiger partial charge in [0.25, 0.3) is 0 Å². The van der Waals surface area contributed by atoms with Gasteiger partial charge < -0.3 is 15.6 Å². The fraction of sp³-hybridized carbons (Fsp3) is 0.714. The van der Waals surface area contributed by atoms with Crippen LogP contribution in [0.5, 0.6) is 0 Å². The Morgan fingerprint density at radius 3 is 2.95 bits per heavy atom. The molecule has 3 N–H and O–H groups in total. The highest BCUT2D eigenvalue weighted by molar-refractivity contribution is 5.79. The van der Waals surface area contributed by atoms with E-state index in [4.69, 9.17) is 10.3 Å². The number of nitrogens with two attached hydrogens (primary N) is 1. The van der Waals surface area contributed by atoms with Crippen LogP contribution >= 0.6 is 0 Å². The molecule has 0 aromatic carbocycles. The molecule has 1 aromatic rings. The Morgan fingerprint density at radius 1 is 1.58 bits per heavy atom. The molecule has 1 heterocycles. The van der Waals surface area contributed by atoms with Crippen LogP contribution in [0.1, 0.15) is 39.3 Å². The maximum atomic E-state index is 12.4. The van der Waals surface area contributed by atoms with Crippen molar-refractivity contribution in [2.24, 2.45) is 23.0 Å². The second-order valence-electron chi connectivity index (χ2n) is 6.11. The second-order valence-corrected chi connectivity index (χ2v) is 6.11. The third kappa shape index (κ3) is 2.81. The molecule has 0 spiro atoms. The molecule has 0 bridgehead atoms. The molecule has 0 saturated heterocycles. The zero-order valence-electron chi connectivity index (χ0n) is 11.8. The maximum Gasteiger partial charge on any atom is 0.223 e. The third-order valence-electron chi connectivity index (χ3n) is 4.75. The number of nitrogens with one attached hydrogen (secondary N) is 1. The largest absolute Gasteiger partial charge is 0.364 e. The van der Waals surface area contributed by atoms with E-state index in [-0.39, 0.29) is 23.3 Å². The van der Waals surface area contributed by atoms with Crippen LogP contribution in [0.3, 0.4) is 0 Å². The van der Waals surface area contributed by atoms with Crippen LogP contribution in [-0.4, -0.2) is 17.1 Å². The predicted octanol–water partition coefficient (Wildman–Crippen LogP) is 1.69. The van der Waals surface area contributed by atoms with Gasteiger partial charge in [-0.25, -0.2) is 0 Å². The zero-order chi connectivity index (χ0) is 14.0. The Labute approximate surface area is 113 Å². The maximum absolute atomic E-state index is 12.4. The molecule has 2 rings (SSSR count). The number of rotatable bonds is 3. The lowest BCUT2D eigenvalue weighted by Crippen LogP contribution is -2.51. The van der Waals surface area contributed by atoms with Gasteiger partial charge >= 0.3 is 0 Å². The Balaban J connectivity index is 1.98. The SMILES string of the molecule is CC1C(N)CCC(C(=O)NCc2ccon2)C1(C)C. The number of aromatic nitrogens is 1. The molecule has 0 aliphatic heterocycles. The first-order valence-electron chi connectivity index (χ1n) is 6.85. The summed E-state index contributed by atoms with van der Waals surface area (Å²) in [5, 5.41) is 6.73. The third-order valence-corrected chi connectivity index (χ3v) is 4.75. The normalized spacial score (nSPS) is 30.0. The molecule has 1 aromatic heterocycles. The highest BCUT2D eigenvalue weighted by Gasteiger charge is 2.44. The van der Waals surface area contributed by atoms with Gasteiger partial charge in [-0.3, -0.25) is 4.79 Å². The smallest absolute Gasteiger partial charge is 0.223 e. The summed E-state index contributed by atoms with van der Waals surface area (Å²) in [5.74, 6) is 0.435. The zero-order valence-corrected chi connectivity index (χ0v) is 11.8. The van der Waals surface area contributed by atoms with Crippen molar-refractivity contribution in [3.63, 3.8) is 0 Å². The highest BCUT2D eigenvalue weighted by atomic mass is 16.5. The van der Waals surface area contributed by atoms with Crippen molar-refractivity contribution in [2.45, 2.75) is 46.2 Å². The molecule has 3 unspecified atom stereocenters. The van der Waals surface area contributed by atoms with Crippen molar-refractivity contribution in [2.75, 3.05) is 0 Å². The number of hydrogen-bond donors (Lipinski definition) is 2. The van der Waals surface area contributed by atoms with Crippen LogP contribution in [0.4, 0.5) is 0 Å². The van der Waals surface area contributed by atoms with E-state index in [0.717, 1.165) is 18.5 Å². The average molecular weight is 265 g/mol. The van der Waals surface area contributed by atoms with E-state index < -0.39 is 0 Å². The Bertz CT molecular complexity index is 428. The van der Waals surface area contributed by atoms with E-state index in [2.05, 4.69) is 31.2 Å². The lowest BCUT2D eigenvalue weighted by atomic mass is 9.61. The Kier molecular flexibility index (Phi) is 3.94. The molecule has 19 heavy (non-hydrogen) atoms. The number of nitrogens with zero attached hydrogens (tertiary/aromatic N) is 1. The van der Waals surface area contributed by atoms with E-state index in [9.17, 15) is 4.79 Å². The summed E-state index contributed by atoms with van der Waals surface area (Å²) in [6.45, 7) is 6.83. The van der Waals surface area contributed by atoms with Gasteiger partial charge in [0.05, 0.1) is 6.54 Å². The topological polar surface area (TPSA) is 81.2 Å². The standard InChI is InChI=1S/C14H23N3O2/c1-9-12(15)5-4-11(14(9,2)3)13(18)16-8-10-6-7-19-17-10/h6-7,9,11-12H,4-5,8,15H2,1-3H3,(H,16,18). The Hall–Kier alpha value is -1.36. The van der Waals surface area contributed by atoms with Crippen molar-refractivity contribution < 1.29 is 9.32 Å². The molecule has 1 aliphatic carbocycles. The van der Waals surface area contributed by atoms with Crippen molar-refractivity contribution in [3.05, 3.63) is 18.0 Å². The molecule has 1 amide bonds. The van der Waals surface area contributed by atoms with E-state index in [1.54, 1.807) is 6.07 Å². The fourth-order valence-corrected chi connectivity index (χ4v) is 2.95. The molecule has 1 aliphatic rings. The van der Waals surface area contributed by atoms with E-state index in [0.29, 0.717) is 12.5 Å². The molecular weight excluding hydrogens is 242 g/mol. The van der Waals surface area contributed by atoms with Gasteiger partial charge in [-0.1, -0.05) is 25.9 Å². The van der Waals surface area contributed by atoms with E-state index >= 15 is 0 Å². The van der Waals surface area contributed by atoms with Gasteiger partial charge in [-0.2, -0.15) is 0 Å². The van der Waals surface area contributed by atoms with Crippen molar-refractivity contribution in [1.82, 2.24) is 10.5 Å². The number of carbonyl (C=O) groups excluding carboxylic acids is 1. The summed E-state index contributed by atoms with van der Waals surface area (Å²) < 4.78 is 4.75. The van der Waals surface area contributed by atoms with Crippen molar-refractivity contribution in [1.29, 1.82) is 0 Å². The molecule has 106 valence electrons. The first-order chi connectivity index (χ1) is 8.93. The first-order valence-corrected chi connectivity index (χ1v) is 6.85. The summed E-state index contributed by atoms with van der Waals surface area (Å²) in [6.07, 6.45) is 3.27. The second kappa shape index (κ2) is 5.33. The van der Waals surface area contributed by atoms with Gasteiger partial charge in [-0.15, -0.1) is 0 Å². The van der Waals surface area contributed by atoms with Crippen LogP contribution in [0.15, 0.2) is 16.9 Å². The minimum absolute atomic E-state index is 0.00852. The Morgan fingerprint density at radius 2 is 2.32 bits per heavy atom. The molecular formula is C14H23N3O2. The van der Waals surface area contributed by atoms with Crippen LogP contribution in [0.25, 0.3) is 0 Å². The average Bonchev–Trinajstić information content (AvgIpc) is 2.86. The van der Waals surface area contributed by atoms with E-state index in [1.165, 1.54) is 6.26 Å². The highest BCUT2D eigenvalue weighted by Crippen LogP contribution is 2.44. The van der Waals surface area contributed by atoms with Crippen LogP contribution in [-0.2, 0) is 11.3 Å². The molecule has 5 nitrogen and oxygen atoms in total. The van der Waals surface area contributed by atoms with E-state index in [1.807, 2.05) is 0 Å². The van der Waals surface area contributed by atoms with Gasteiger partial charge in [0, 0.05) is 18.0 Å². The quantitative estimate of drug-likeness (QED) is 0.871. The lowest BCUT2D eigenvalue weighted by molar-refractivity contribution is -0.132. The molecule has 0 radical (unpaired) electrons.